The van der Waals surface area contributed by atoms with E-state index in [0.717, 1.165) is 28.8 Å². The number of rotatable bonds is 9. The van der Waals surface area contributed by atoms with Gasteiger partial charge in [0.25, 0.3) is 0 Å². The summed E-state index contributed by atoms with van der Waals surface area (Å²) in [5.74, 6) is 0.290. The first-order valence-electron chi connectivity index (χ1n) is 14.7. The van der Waals surface area contributed by atoms with Gasteiger partial charge in [0.15, 0.2) is 0 Å². The molecule has 0 saturated heterocycles. The van der Waals surface area contributed by atoms with Crippen LogP contribution in [0, 0.1) is 5.82 Å². The maximum absolute atomic E-state index is 14.9. The van der Waals surface area contributed by atoms with Crippen molar-refractivity contribution >= 4 is 23.2 Å². The second-order valence-electron chi connectivity index (χ2n) is 11.0. The van der Waals surface area contributed by atoms with Crippen LogP contribution in [0.25, 0.3) is 11.1 Å². The summed E-state index contributed by atoms with van der Waals surface area (Å²) < 4.78 is 60.2. The van der Waals surface area contributed by atoms with Gasteiger partial charge in [-0.05, 0) is 0 Å². The molecule has 0 saturated carbocycles. The average Bonchev–Trinajstić information content (AvgIpc) is 3.08. The fourth-order valence-corrected chi connectivity index (χ4v) is 10.6. The van der Waals surface area contributed by atoms with Crippen LogP contribution in [0.5, 0.6) is 5.75 Å². The molecule has 0 heterocycles. The van der Waals surface area contributed by atoms with Crippen LogP contribution < -0.4 is 20.7 Å². The van der Waals surface area contributed by atoms with Crippen LogP contribution in [0.4, 0.5) is 17.6 Å². The zero-order valence-electron chi connectivity index (χ0n) is 24.3. The van der Waals surface area contributed by atoms with Crippen molar-refractivity contribution in [2.45, 2.75) is 18.9 Å². The summed E-state index contributed by atoms with van der Waals surface area (Å²) in [5.41, 5.74) is 2.50. The second kappa shape index (κ2) is 13.1. The van der Waals surface area contributed by atoms with Crippen molar-refractivity contribution in [2.24, 2.45) is 0 Å². The molecule has 6 heteroatoms. The molecule has 0 amide bonds. The van der Waals surface area contributed by atoms with E-state index in [4.69, 9.17) is 4.74 Å². The van der Waals surface area contributed by atoms with E-state index in [1.54, 1.807) is 12.1 Å². The van der Waals surface area contributed by atoms with Gasteiger partial charge in [0.05, 0.1) is 5.56 Å². The van der Waals surface area contributed by atoms with Crippen LogP contribution in [-0.4, -0.2) is 0 Å². The van der Waals surface area contributed by atoms with Gasteiger partial charge in [0.2, 0.25) is 0 Å². The molecular formula is C39H31F4OP. The molecule has 1 nitrogen and oxygen atoms in total. The molecule has 6 aromatic rings. The van der Waals surface area contributed by atoms with Gasteiger partial charge in [-0.25, -0.2) is 0 Å². The van der Waals surface area contributed by atoms with E-state index in [9.17, 15) is 17.6 Å². The fourth-order valence-electron chi connectivity index (χ4n) is 5.89. The van der Waals surface area contributed by atoms with Crippen LogP contribution in [0.15, 0.2) is 158 Å². The fraction of sp³-hybridized carbons (Fsp3) is 0.0769. The topological polar surface area (TPSA) is 9.23 Å². The Balaban J connectivity index is 1.31. The third-order valence-corrected chi connectivity index (χ3v) is 13.0. The Kier molecular flexibility index (Phi) is 8.82. The summed E-state index contributed by atoms with van der Waals surface area (Å²) >= 11 is 0. The van der Waals surface area contributed by atoms with Gasteiger partial charge in [0.1, 0.15) is 0 Å². The number of hydrogen-bond donors (Lipinski definition) is 0. The van der Waals surface area contributed by atoms with Crippen LogP contribution in [0.2, 0.25) is 0 Å². The van der Waals surface area contributed by atoms with E-state index < -0.39 is 19.0 Å². The zero-order chi connectivity index (χ0) is 31.3. The van der Waals surface area contributed by atoms with Gasteiger partial charge in [-0.15, -0.1) is 0 Å². The van der Waals surface area contributed by atoms with Gasteiger partial charge in [0, 0.05) is 0 Å². The number of ether oxygens (including phenoxy) is 1. The van der Waals surface area contributed by atoms with E-state index >= 15 is 0 Å². The number of benzene rings is 6. The standard InChI is InChI=1S/C39H31F4OP/c40-34-24-25-38(44-27-29-16-18-30(19-17-29)31-20-22-33(23-21-31)39(41,42)43)32(26-34)28-45(35-10-4-1-5-11-35,36-12-6-2-7-13-36)37-14-8-3-9-15-37/h1-26,45H,27-28H2. The summed E-state index contributed by atoms with van der Waals surface area (Å²) in [6, 6.07) is 48.7. The first-order valence-corrected chi connectivity index (χ1v) is 16.9. The molecule has 0 bridgehead atoms. The molecule has 0 fully saturated rings. The molecule has 6 rings (SSSR count). The number of halogens is 4. The molecule has 226 valence electrons. The SMILES string of the molecule is Fc1ccc(OCc2ccc(-c3ccc(C(F)(F)F)cc3)cc2)c(C[PH](c2ccccc2)(c2ccccc2)c2ccccc2)c1. The molecule has 0 N–H and O–H groups in total. The molecule has 0 spiro atoms. The van der Waals surface area contributed by atoms with Gasteiger partial charge in [-0.2, -0.15) is 13.2 Å². The molecule has 0 atom stereocenters. The Morgan fingerprint density at radius 1 is 0.533 bits per heavy atom. The van der Waals surface area contributed by atoms with E-state index in [-0.39, 0.29) is 12.4 Å². The van der Waals surface area contributed by atoms with Crippen molar-refractivity contribution < 1.29 is 22.3 Å². The van der Waals surface area contributed by atoms with Crippen molar-refractivity contribution in [3.05, 3.63) is 180 Å². The molecule has 0 aromatic heterocycles. The van der Waals surface area contributed by atoms with E-state index in [1.807, 2.05) is 42.5 Å². The predicted molar refractivity (Wildman–Crippen MR) is 178 cm³/mol. The Morgan fingerprint density at radius 2 is 1.00 bits per heavy atom. The normalized spacial score (nSPS) is 12.1. The number of hydrogen-bond acceptors (Lipinski definition) is 1. The van der Waals surface area contributed by atoms with Crippen LogP contribution in [0.1, 0.15) is 16.7 Å². The molecule has 0 aliphatic carbocycles. The van der Waals surface area contributed by atoms with Crippen molar-refractivity contribution in [1.82, 2.24) is 0 Å². The average molecular weight is 623 g/mol. The summed E-state index contributed by atoms with van der Waals surface area (Å²) in [6.45, 7) is 0.252. The van der Waals surface area contributed by atoms with Gasteiger partial charge < -0.3 is 0 Å². The molecule has 45 heavy (non-hydrogen) atoms. The van der Waals surface area contributed by atoms with Crippen molar-refractivity contribution in [3.63, 3.8) is 0 Å². The van der Waals surface area contributed by atoms with Crippen molar-refractivity contribution in [1.29, 1.82) is 0 Å². The van der Waals surface area contributed by atoms with Crippen molar-refractivity contribution in [3.8, 4) is 16.9 Å². The van der Waals surface area contributed by atoms with E-state index in [1.165, 1.54) is 34.1 Å². The van der Waals surface area contributed by atoms with E-state index in [0.29, 0.717) is 17.5 Å². The van der Waals surface area contributed by atoms with Gasteiger partial charge in [-0.1, -0.05) is 0 Å². The minimum absolute atomic E-state index is 0.252. The quantitative estimate of drug-likeness (QED) is 0.115. The molecular weight excluding hydrogens is 591 g/mol. The molecule has 0 aliphatic heterocycles. The Bertz CT molecular complexity index is 1740. The van der Waals surface area contributed by atoms with Gasteiger partial charge in [-0.3, -0.25) is 0 Å². The second-order valence-corrected chi connectivity index (χ2v) is 14.9. The van der Waals surface area contributed by atoms with E-state index in [2.05, 4.69) is 72.8 Å². The minimum atomic E-state index is -4.37. The Morgan fingerprint density at radius 3 is 1.47 bits per heavy atom. The van der Waals surface area contributed by atoms with Crippen molar-refractivity contribution in [2.75, 3.05) is 0 Å². The Hall–Kier alpha value is -4.73. The third kappa shape index (κ3) is 6.69. The number of alkyl halides is 3. The summed E-state index contributed by atoms with van der Waals surface area (Å²) in [7, 11) is -2.71. The molecule has 0 unspecified atom stereocenters. The van der Waals surface area contributed by atoms with Crippen LogP contribution in [0.3, 0.4) is 0 Å². The summed E-state index contributed by atoms with van der Waals surface area (Å²) in [6.07, 6.45) is -3.78. The first-order chi connectivity index (χ1) is 21.8. The third-order valence-electron chi connectivity index (χ3n) is 8.17. The molecule has 0 radical (unpaired) electrons. The summed E-state index contributed by atoms with van der Waals surface area (Å²) in [4.78, 5) is 0. The summed E-state index contributed by atoms with van der Waals surface area (Å²) in [5, 5.41) is 3.66. The molecule has 6 aromatic carbocycles. The van der Waals surface area contributed by atoms with Crippen LogP contribution in [-0.2, 0) is 18.9 Å². The van der Waals surface area contributed by atoms with Crippen LogP contribution >= 0.6 is 7.26 Å². The first kappa shape index (κ1) is 30.3. The molecule has 0 aliphatic rings. The monoisotopic (exact) mass is 622 g/mol. The zero-order valence-corrected chi connectivity index (χ0v) is 25.3. The maximum atomic E-state index is 14.9. The Labute approximate surface area is 261 Å². The van der Waals surface area contributed by atoms with Gasteiger partial charge >= 0.3 is 243 Å². The predicted octanol–water partition coefficient (Wildman–Crippen LogP) is 9.32.